The van der Waals surface area contributed by atoms with Gasteiger partial charge < -0.3 is 15.1 Å². The Kier molecular flexibility index (Phi) is 5.81. The number of nitrogens with zero attached hydrogens (tertiary/aromatic N) is 4. The summed E-state index contributed by atoms with van der Waals surface area (Å²) in [6.07, 6.45) is 0. The number of rotatable bonds is 3. The molecule has 140 valence electrons. The van der Waals surface area contributed by atoms with Gasteiger partial charge in [-0.05, 0) is 12.1 Å². The maximum absolute atomic E-state index is 4.76. The second-order valence-electron chi connectivity index (χ2n) is 7.59. The van der Waals surface area contributed by atoms with Gasteiger partial charge in [0.1, 0.15) is 5.01 Å². The highest BCUT2D eigenvalue weighted by Crippen LogP contribution is 2.23. The third-order valence-corrected chi connectivity index (χ3v) is 5.48. The van der Waals surface area contributed by atoms with Gasteiger partial charge in [0.25, 0.3) is 0 Å². The summed E-state index contributed by atoms with van der Waals surface area (Å²) in [6.45, 7) is 11.3. The van der Waals surface area contributed by atoms with E-state index in [2.05, 4.69) is 76.6 Å². The van der Waals surface area contributed by atoms with Crippen LogP contribution in [0.15, 0.2) is 40.7 Å². The van der Waals surface area contributed by atoms with Gasteiger partial charge in [-0.1, -0.05) is 39.0 Å². The number of anilines is 1. The molecule has 2 aromatic rings. The van der Waals surface area contributed by atoms with Crippen LogP contribution in [0.3, 0.4) is 0 Å². The van der Waals surface area contributed by atoms with E-state index >= 15 is 0 Å². The number of nitrogens with one attached hydrogen (secondary N) is 1. The number of aromatic nitrogens is 1. The van der Waals surface area contributed by atoms with E-state index in [1.54, 1.807) is 11.3 Å². The second-order valence-corrected chi connectivity index (χ2v) is 8.53. The van der Waals surface area contributed by atoms with E-state index in [9.17, 15) is 0 Å². The lowest BCUT2D eigenvalue weighted by Gasteiger charge is -2.37. The van der Waals surface area contributed by atoms with Crippen LogP contribution in [0.4, 0.5) is 5.69 Å². The van der Waals surface area contributed by atoms with Gasteiger partial charge in [-0.15, -0.1) is 11.3 Å². The van der Waals surface area contributed by atoms with Crippen molar-refractivity contribution in [2.75, 3.05) is 38.1 Å². The van der Waals surface area contributed by atoms with E-state index in [4.69, 9.17) is 4.98 Å². The van der Waals surface area contributed by atoms with E-state index in [0.29, 0.717) is 0 Å². The fourth-order valence-corrected chi connectivity index (χ4v) is 4.00. The molecular weight excluding hydrogens is 342 g/mol. The van der Waals surface area contributed by atoms with E-state index in [0.717, 1.165) is 49.4 Å². The molecule has 0 bridgehead atoms. The van der Waals surface area contributed by atoms with Crippen molar-refractivity contribution in [1.82, 2.24) is 15.2 Å². The smallest absolute Gasteiger partial charge is 0.194 e. The minimum Gasteiger partial charge on any atom is -0.368 e. The van der Waals surface area contributed by atoms with Gasteiger partial charge in [-0.2, -0.15) is 0 Å². The molecule has 1 aromatic heterocycles. The summed E-state index contributed by atoms with van der Waals surface area (Å²) in [5.74, 6) is 0.963. The molecule has 0 saturated carbocycles. The van der Waals surface area contributed by atoms with Gasteiger partial charge in [0.05, 0.1) is 12.2 Å². The van der Waals surface area contributed by atoms with Crippen LogP contribution in [0.5, 0.6) is 0 Å². The first-order valence-electron chi connectivity index (χ1n) is 9.18. The zero-order valence-corrected chi connectivity index (χ0v) is 17.0. The summed E-state index contributed by atoms with van der Waals surface area (Å²) < 4.78 is 0. The summed E-state index contributed by atoms with van der Waals surface area (Å²) in [6, 6.07) is 10.6. The van der Waals surface area contributed by atoms with Crippen molar-refractivity contribution in [3.63, 3.8) is 0 Å². The molecule has 2 heterocycles. The number of piperazine rings is 1. The molecule has 1 saturated heterocycles. The van der Waals surface area contributed by atoms with Crippen LogP contribution in [0, 0.1) is 0 Å². The first kappa shape index (κ1) is 18.7. The first-order chi connectivity index (χ1) is 12.5. The summed E-state index contributed by atoms with van der Waals surface area (Å²) in [4.78, 5) is 14.0. The molecule has 0 radical (unpaired) electrons. The molecule has 1 N–H and O–H groups in total. The quantitative estimate of drug-likeness (QED) is 0.664. The van der Waals surface area contributed by atoms with Gasteiger partial charge in [0.15, 0.2) is 5.96 Å². The fraction of sp³-hybridized carbons (Fsp3) is 0.500. The van der Waals surface area contributed by atoms with Gasteiger partial charge in [-0.3, -0.25) is 4.99 Å². The zero-order valence-electron chi connectivity index (χ0n) is 16.2. The molecular formula is C20H29N5S. The molecule has 0 unspecified atom stereocenters. The molecule has 0 amide bonds. The standard InChI is InChI=1S/C20H29N5S/c1-20(2,3)17-15-26-18(23-17)14-22-19(21-4)25-12-10-24(11-13-25)16-8-6-5-7-9-16/h5-9,15H,10-14H2,1-4H3,(H,21,22). The van der Waals surface area contributed by atoms with Crippen molar-refractivity contribution in [3.05, 3.63) is 46.4 Å². The largest absolute Gasteiger partial charge is 0.368 e. The number of thiazole rings is 1. The normalized spacial score (nSPS) is 16.1. The molecule has 6 heteroatoms. The van der Waals surface area contributed by atoms with Gasteiger partial charge in [0.2, 0.25) is 0 Å². The van der Waals surface area contributed by atoms with Crippen LogP contribution >= 0.6 is 11.3 Å². The van der Waals surface area contributed by atoms with Crippen molar-refractivity contribution < 1.29 is 0 Å². The molecule has 3 rings (SSSR count). The van der Waals surface area contributed by atoms with Gasteiger partial charge in [0, 0.05) is 49.7 Å². The number of guanidine groups is 1. The van der Waals surface area contributed by atoms with Crippen LogP contribution < -0.4 is 10.2 Å². The van der Waals surface area contributed by atoms with Gasteiger partial charge >= 0.3 is 0 Å². The Labute approximate surface area is 160 Å². The van der Waals surface area contributed by atoms with Crippen LogP contribution in [0.25, 0.3) is 0 Å². The van der Waals surface area contributed by atoms with Crippen LogP contribution in [0.2, 0.25) is 0 Å². The first-order valence-corrected chi connectivity index (χ1v) is 10.1. The molecule has 1 fully saturated rings. The zero-order chi connectivity index (χ0) is 18.6. The number of aliphatic imine (C=N–C) groups is 1. The molecule has 1 aromatic carbocycles. The Hall–Kier alpha value is -2.08. The number of benzene rings is 1. The van der Waals surface area contributed by atoms with Crippen molar-refractivity contribution >= 4 is 23.0 Å². The van der Waals surface area contributed by atoms with E-state index in [-0.39, 0.29) is 5.41 Å². The summed E-state index contributed by atoms with van der Waals surface area (Å²) in [5.41, 5.74) is 2.56. The lowest BCUT2D eigenvalue weighted by Crippen LogP contribution is -2.52. The van der Waals surface area contributed by atoms with E-state index < -0.39 is 0 Å². The molecule has 0 spiro atoms. The van der Waals surface area contributed by atoms with Crippen molar-refractivity contribution in [3.8, 4) is 0 Å². The topological polar surface area (TPSA) is 43.8 Å². The predicted molar refractivity (Wildman–Crippen MR) is 111 cm³/mol. The summed E-state index contributed by atoms with van der Waals surface area (Å²) in [5, 5.41) is 6.76. The maximum atomic E-state index is 4.76. The number of para-hydroxylation sites is 1. The lowest BCUT2D eigenvalue weighted by molar-refractivity contribution is 0.372. The Morgan fingerprint density at radius 2 is 1.85 bits per heavy atom. The lowest BCUT2D eigenvalue weighted by atomic mass is 9.93. The molecule has 26 heavy (non-hydrogen) atoms. The summed E-state index contributed by atoms with van der Waals surface area (Å²) >= 11 is 1.72. The molecule has 0 aliphatic carbocycles. The maximum Gasteiger partial charge on any atom is 0.194 e. The Morgan fingerprint density at radius 1 is 1.15 bits per heavy atom. The van der Waals surface area contributed by atoms with Crippen LogP contribution in [-0.4, -0.2) is 49.1 Å². The Morgan fingerprint density at radius 3 is 2.42 bits per heavy atom. The third-order valence-electron chi connectivity index (χ3n) is 4.63. The second kappa shape index (κ2) is 8.08. The number of hydrogen-bond donors (Lipinski definition) is 1. The molecule has 1 aliphatic heterocycles. The average molecular weight is 372 g/mol. The minimum absolute atomic E-state index is 0.101. The highest BCUT2D eigenvalue weighted by atomic mass is 32.1. The fourth-order valence-electron chi connectivity index (χ4n) is 3.04. The average Bonchev–Trinajstić information content (AvgIpc) is 3.13. The highest BCUT2D eigenvalue weighted by Gasteiger charge is 2.21. The molecule has 0 atom stereocenters. The van der Waals surface area contributed by atoms with E-state index in [1.165, 1.54) is 5.69 Å². The molecule has 5 nitrogen and oxygen atoms in total. The van der Waals surface area contributed by atoms with Crippen molar-refractivity contribution in [2.45, 2.75) is 32.7 Å². The third kappa shape index (κ3) is 4.55. The van der Waals surface area contributed by atoms with Crippen molar-refractivity contribution in [1.29, 1.82) is 0 Å². The van der Waals surface area contributed by atoms with E-state index in [1.807, 2.05) is 7.05 Å². The summed E-state index contributed by atoms with van der Waals surface area (Å²) in [7, 11) is 1.86. The highest BCUT2D eigenvalue weighted by molar-refractivity contribution is 7.09. The van der Waals surface area contributed by atoms with Crippen LogP contribution in [-0.2, 0) is 12.0 Å². The SMILES string of the molecule is CN=C(NCc1nc(C(C)(C)C)cs1)N1CCN(c2ccccc2)CC1. The van der Waals surface area contributed by atoms with Gasteiger partial charge in [-0.25, -0.2) is 4.98 Å². The monoisotopic (exact) mass is 371 g/mol. The molecule has 1 aliphatic rings. The number of hydrogen-bond acceptors (Lipinski definition) is 4. The Balaban J connectivity index is 1.53. The Bertz CT molecular complexity index is 724. The van der Waals surface area contributed by atoms with Crippen LogP contribution in [0.1, 0.15) is 31.5 Å². The minimum atomic E-state index is 0.101. The van der Waals surface area contributed by atoms with Crippen molar-refractivity contribution in [2.24, 2.45) is 4.99 Å². The predicted octanol–water partition coefficient (Wildman–Crippen LogP) is 3.34.